The van der Waals surface area contributed by atoms with E-state index in [1.165, 1.54) is 0 Å². The molecule has 0 radical (unpaired) electrons. The van der Waals surface area contributed by atoms with Crippen LogP contribution in [0, 0.1) is 6.92 Å². The summed E-state index contributed by atoms with van der Waals surface area (Å²) in [6.45, 7) is 1.94. The number of oxazole rings is 1. The van der Waals surface area contributed by atoms with Crippen LogP contribution in [-0.4, -0.2) is 9.97 Å². The van der Waals surface area contributed by atoms with Crippen LogP contribution in [0.2, 0.25) is 0 Å². The number of pyridine rings is 1. The van der Waals surface area contributed by atoms with Gasteiger partial charge in [-0.25, -0.2) is 4.98 Å². The molecule has 0 saturated heterocycles. The maximum atomic E-state index is 5.89. The molecular weight excluding hydrogens is 294 g/mol. The highest BCUT2D eigenvalue weighted by atomic mass is 79.9. The van der Waals surface area contributed by atoms with Crippen LogP contribution in [0.5, 0.6) is 0 Å². The van der Waals surface area contributed by atoms with E-state index in [-0.39, 0.29) is 0 Å². The minimum atomic E-state index is 0.530. The molecule has 0 unspecified atom stereocenters. The molecule has 2 N–H and O–H groups in total. The summed E-state index contributed by atoms with van der Waals surface area (Å²) in [6.07, 6.45) is 1.74. The lowest BCUT2D eigenvalue weighted by Gasteiger charge is -1.95. The first kappa shape index (κ1) is 11.2. The molecule has 4 nitrogen and oxygen atoms in total. The van der Waals surface area contributed by atoms with E-state index >= 15 is 0 Å². The predicted octanol–water partition coefficient (Wildman–Crippen LogP) is 3.54. The fraction of sp³-hybridized carbons (Fsp3) is 0.0769. The van der Waals surface area contributed by atoms with Crippen molar-refractivity contribution in [3.8, 4) is 11.5 Å². The number of nitrogens with two attached hydrogens (primary N) is 1. The van der Waals surface area contributed by atoms with Gasteiger partial charge in [0.2, 0.25) is 5.89 Å². The number of anilines is 1. The summed E-state index contributed by atoms with van der Waals surface area (Å²) in [5, 5.41) is 0. The molecule has 5 heteroatoms. The Hall–Kier alpha value is -1.88. The fourth-order valence-corrected chi connectivity index (χ4v) is 2.20. The highest BCUT2D eigenvalue weighted by molar-refractivity contribution is 9.10. The average molecular weight is 304 g/mol. The van der Waals surface area contributed by atoms with Gasteiger partial charge in [0.25, 0.3) is 0 Å². The minimum absolute atomic E-state index is 0.530. The smallest absolute Gasteiger partial charge is 0.228 e. The van der Waals surface area contributed by atoms with Crippen LogP contribution in [0.1, 0.15) is 5.69 Å². The number of aryl methyl sites for hydroxylation is 1. The van der Waals surface area contributed by atoms with E-state index in [0.29, 0.717) is 17.2 Å². The molecule has 0 saturated carbocycles. The second-order valence-corrected chi connectivity index (χ2v) is 4.97. The third-order valence-electron chi connectivity index (χ3n) is 2.64. The third-order valence-corrected chi connectivity index (χ3v) is 3.10. The Labute approximate surface area is 112 Å². The van der Waals surface area contributed by atoms with Crippen LogP contribution in [0.4, 0.5) is 5.69 Å². The van der Waals surface area contributed by atoms with Crippen LogP contribution in [0.3, 0.4) is 0 Å². The van der Waals surface area contributed by atoms with Crippen LogP contribution in [0.15, 0.2) is 39.4 Å². The molecule has 0 spiro atoms. The van der Waals surface area contributed by atoms with E-state index < -0.39 is 0 Å². The predicted molar refractivity (Wildman–Crippen MR) is 74.1 cm³/mol. The first-order valence-electron chi connectivity index (χ1n) is 5.42. The Morgan fingerprint density at radius 1 is 1.28 bits per heavy atom. The first-order valence-corrected chi connectivity index (χ1v) is 6.21. The summed E-state index contributed by atoms with van der Waals surface area (Å²) in [7, 11) is 0. The number of benzene rings is 1. The van der Waals surface area contributed by atoms with Gasteiger partial charge in [-0.2, -0.15) is 0 Å². The zero-order chi connectivity index (χ0) is 12.7. The minimum Gasteiger partial charge on any atom is -0.434 e. The molecule has 0 fully saturated rings. The largest absolute Gasteiger partial charge is 0.434 e. The highest BCUT2D eigenvalue weighted by Gasteiger charge is 2.11. The molecule has 2 aromatic heterocycles. The van der Waals surface area contributed by atoms with Crippen molar-refractivity contribution >= 4 is 32.7 Å². The molecule has 2 heterocycles. The number of hydrogen-bond donors (Lipinski definition) is 1. The summed E-state index contributed by atoms with van der Waals surface area (Å²) in [5.41, 5.74) is 9.60. The van der Waals surface area contributed by atoms with Gasteiger partial charge in [-0.15, -0.1) is 0 Å². The van der Waals surface area contributed by atoms with E-state index in [2.05, 4.69) is 25.9 Å². The number of hydrogen-bond acceptors (Lipinski definition) is 4. The van der Waals surface area contributed by atoms with Crippen LogP contribution < -0.4 is 5.73 Å². The SMILES string of the molecule is Cc1ccc(-c2nc3cc(Br)cc(N)c3o2)cn1. The second kappa shape index (κ2) is 4.10. The van der Waals surface area contributed by atoms with Gasteiger partial charge in [0.15, 0.2) is 5.58 Å². The van der Waals surface area contributed by atoms with Crippen molar-refractivity contribution in [3.63, 3.8) is 0 Å². The molecule has 0 atom stereocenters. The van der Waals surface area contributed by atoms with Gasteiger partial charge < -0.3 is 10.2 Å². The number of fused-ring (bicyclic) bond motifs is 1. The summed E-state index contributed by atoms with van der Waals surface area (Å²) in [6, 6.07) is 7.52. The standard InChI is InChI=1S/C13H10BrN3O/c1-7-2-3-8(6-16-7)13-17-11-5-9(14)4-10(15)12(11)18-13/h2-6H,15H2,1H3. The maximum Gasteiger partial charge on any atom is 0.228 e. The van der Waals surface area contributed by atoms with Crippen molar-refractivity contribution in [3.05, 3.63) is 40.6 Å². The van der Waals surface area contributed by atoms with E-state index in [9.17, 15) is 0 Å². The Bertz CT molecular complexity index is 719. The first-order chi connectivity index (χ1) is 8.63. The lowest BCUT2D eigenvalue weighted by Crippen LogP contribution is -1.84. The molecule has 0 aliphatic rings. The average Bonchev–Trinajstić information content (AvgIpc) is 2.74. The lowest BCUT2D eigenvalue weighted by molar-refractivity contribution is 0.620. The molecule has 0 aliphatic heterocycles. The molecule has 1 aromatic carbocycles. The molecule has 3 aromatic rings. The highest BCUT2D eigenvalue weighted by Crippen LogP contribution is 2.30. The van der Waals surface area contributed by atoms with Gasteiger partial charge in [-0.1, -0.05) is 15.9 Å². The topological polar surface area (TPSA) is 64.9 Å². The molecule has 90 valence electrons. The van der Waals surface area contributed by atoms with Crippen molar-refractivity contribution < 1.29 is 4.42 Å². The molecule has 0 bridgehead atoms. The Morgan fingerprint density at radius 2 is 2.11 bits per heavy atom. The summed E-state index contributed by atoms with van der Waals surface area (Å²) in [5.74, 6) is 0.530. The summed E-state index contributed by atoms with van der Waals surface area (Å²) >= 11 is 3.38. The number of nitrogens with zero attached hydrogens (tertiary/aromatic N) is 2. The zero-order valence-electron chi connectivity index (χ0n) is 9.64. The van der Waals surface area contributed by atoms with E-state index in [1.807, 2.05) is 25.1 Å². The van der Waals surface area contributed by atoms with Crippen LogP contribution in [0.25, 0.3) is 22.6 Å². The maximum absolute atomic E-state index is 5.89. The van der Waals surface area contributed by atoms with Crippen LogP contribution in [-0.2, 0) is 0 Å². The number of rotatable bonds is 1. The second-order valence-electron chi connectivity index (χ2n) is 4.05. The third kappa shape index (κ3) is 1.86. The molecule has 0 aliphatic carbocycles. The van der Waals surface area contributed by atoms with Gasteiger partial charge in [0.1, 0.15) is 5.52 Å². The van der Waals surface area contributed by atoms with E-state index in [1.54, 1.807) is 12.3 Å². The number of nitrogen functional groups attached to an aromatic ring is 1. The normalized spacial score (nSPS) is 11.0. The summed E-state index contributed by atoms with van der Waals surface area (Å²) < 4.78 is 6.57. The molecule has 3 rings (SSSR count). The van der Waals surface area contributed by atoms with Crippen molar-refractivity contribution in [1.29, 1.82) is 0 Å². The Morgan fingerprint density at radius 3 is 2.83 bits per heavy atom. The van der Waals surface area contributed by atoms with Gasteiger partial charge in [-0.05, 0) is 31.2 Å². The van der Waals surface area contributed by atoms with Crippen molar-refractivity contribution in [1.82, 2.24) is 9.97 Å². The quantitative estimate of drug-likeness (QED) is 0.698. The Kier molecular flexibility index (Phi) is 2.56. The summed E-state index contributed by atoms with van der Waals surface area (Å²) in [4.78, 5) is 8.64. The van der Waals surface area contributed by atoms with Gasteiger partial charge >= 0.3 is 0 Å². The lowest BCUT2D eigenvalue weighted by atomic mass is 10.2. The zero-order valence-corrected chi connectivity index (χ0v) is 11.2. The van der Waals surface area contributed by atoms with E-state index in [4.69, 9.17) is 10.2 Å². The molecular formula is C13H10BrN3O. The van der Waals surface area contributed by atoms with Crippen molar-refractivity contribution in [2.24, 2.45) is 0 Å². The van der Waals surface area contributed by atoms with Crippen LogP contribution >= 0.6 is 15.9 Å². The van der Waals surface area contributed by atoms with E-state index in [0.717, 1.165) is 21.2 Å². The monoisotopic (exact) mass is 303 g/mol. The molecule has 18 heavy (non-hydrogen) atoms. The molecule has 0 amide bonds. The Balaban J connectivity index is 2.19. The fourth-order valence-electron chi connectivity index (χ4n) is 1.74. The van der Waals surface area contributed by atoms with Crippen molar-refractivity contribution in [2.75, 3.05) is 5.73 Å². The van der Waals surface area contributed by atoms with Crippen molar-refractivity contribution in [2.45, 2.75) is 6.92 Å². The van der Waals surface area contributed by atoms with Gasteiger partial charge in [0, 0.05) is 16.4 Å². The van der Waals surface area contributed by atoms with Gasteiger partial charge in [-0.3, -0.25) is 4.98 Å². The number of halogens is 1. The number of aromatic nitrogens is 2. The van der Waals surface area contributed by atoms with Gasteiger partial charge in [0.05, 0.1) is 11.3 Å².